The van der Waals surface area contributed by atoms with Crippen LogP contribution in [0.2, 0.25) is 10.0 Å². The molecule has 0 saturated carbocycles. The van der Waals surface area contributed by atoms with Crippen molar-refractivity contribution in [3.63, 3.8) is 0 Å². The fourth-order valence-electron chi connectivity index (χ4n) is 2.71. The first kappa shape index (κ1) is 18.7. The molecule has 1 amide bonds. The number of nitrogens with one attached hydrogen (secondary N) is 1. The van der Waals surface area contributed by atoms with Crippen LogP contribution in [-0.2, 0) is 6.42 Å². The van der Waals surface area contributed by atoms with Crippen molar-refractivity contribution in [3.8, 4) is 0 Å². The molecule has 2 aromatic heterocycles. The Labute approximate surface area is 173 Å². The SMILES string of the molecule is O=C(Nc1ncc(Cc2cccc(Cl)c2)s1)c1cc2cc(Cl)ccc2oc1=O. The van der Waals surface area contributed by atoms with Gasteiger partial charge >= 0.3 is 5.63 Å². The molecular weight excluding hydrogens is 419 g/mol. The van der Waals surface area contributed by atoms with Crippen LogP contribution in [0, 0.1) is 0 Å². The first-order valence-electron chi connectivity index (χ1n) is 8.22. The van der Waals surface area contributed by atoms with Crippen molar-refractivity contribution in [1.29, 1.82) is 0 Å². The number of hydrogen-bond donors (Lipinski definition) is 1. The minimum atomic E-state index is -0.719. The molecule has 4 aromatic rings. The van der Waals surface area contributed by atoms with E-state index in [1.807, 2.05) is 24.3 Å². The van der Waals surface area contributed by atoms with Gasteiger partial charge in [-0.3, -0.25) is 10.1 Å². The van der Waals surface area contributed by atoms with Crippen molar-refractivity contribution in [1.82, 2.24) is 4.98 Å². The Balaban J connectivity index is 1.54. The molecule has 0 aliphatic heterocycles. The molecule has 2 aromatic carbocycles. The molecule has 1 N–H and O–H groups in total. The average molecular weight is 431 g/mol. The highest BCUT2D eigenvalue weighted by Crippen LogP contribution is 2.23. The first-order valence-corrected chi connectivity index (χ1v) is 9.79. The third-order valence-corrected chi connectivity index (χ3v) is 5.36. The number of anilines is 1. The fourth-order valence-corrected chi connectivity index (χ4v) is 3.95. The predicted molar refractivity (Wildman–Crippen MR) is 112 cm³/mol. The zero-order valence-electron chi connectivity index (χ0n) is 14.2. The first-order chi connectivity index (χ1) is 13.5. The maximum atomic E-state index is 12.5. The average Bonchev–Trinajstić information content (AvgIpc) is 3.08. The standard InChI is InChI=1S/C20H12Cl2N2O3S/c21-13-3-1-2-11(6-13)7-15-10-23-20(28-15)24-18(25)16-9-12-8-14(22)4-5-17(12)27-19(16)26/h1-6,8-10H,7H2,(H,23,24,25). The molecule has 0 saturated heterocycles. The number of benzene rings is 2. The summed E-state index contributed by atoms with van der Waals surface area (Å²) in [5.74, 6) is -0.584. The molecule has 0 aliphatic rings. The van der Waals surface area contributed by atoms with Crippen molar-refractivity contribution in [2.45, 2.75) is 6.42 Å². The highest BCUT2D eigenvalue weighted by Gasteiger charge is 2.16. The Hall–Kier alpha value is -2.67. The van der Waals surface area contributed by atoms with Gasteiger partial charge in [0.15, 0.2) is 5.13 Å². The Morgan fingerprint density at radius 2 is 1.93 bits per heavy atom. The van der Waals surface area contributed by atoms with E-state index in [0.717, 1.165) is 10.4 Å². The van der Waals surface area contributed by atoms with Crippen LogP contribution in [0.25, 0.3) is 11.0 Å². The zero-order chi connectivity index (χ0) is 19.7. The summed E-state index contributed by atoms with van der Waals surface area (Å²) in [5, 5.41) is 4.76. The summed E-state index contributed by atoms with van der Waals surface area (Å²) < 4.78 is 5.20. The molecule has 4 rings (SSSR count). The van der Waals surface area contributed by atoms with Crippen LogP contribution in [0.15, 0.2) is 63.9 Å². The predicted octanol–water partition coefficient (Wildman–Crippen LogP) is 5.40. The molecule has 0 bridgehead atoms. The number of fused-ring (bicyclic) bond motifs is 1. The van der Waals surface area contributed by atoms with Gasteiger partial charge in [-0.25, -0.2) is 9.78 Å². The van der Waals surface area contributed by atoms with E-state index in [1.54, 1.807) is 24.4 Å². The fraction of sp³-hybridized carbons (Fsp3) is 0.0500. The lowest BCUT2D eigenvalue weighted by Crippen LogP contribution is -2.20. The van der Waals surface area contributed by atoms with E-state index in [0.29, 0.717) is 32.6 Å². The third-order valence-electron chi connectivity index (χ3n) is 3.98. The summed E-state index contributed by atoms with van der Waals surface area (Å²) in [7, 11) is 0. The summed E-state index contributed by atoms with van der Waals surface area (Å²) in [4.78, 5) is 29.8. The number of thiazole rings is 1. The van der Waals surface area contributed by atoms with Crippen LogP contribution in [0.4, 0.5) is 5.13 Å². The Morgan fingerprint density at radius 3 is 2.75 bits per heavy atom. The van der Waals surface area contributed by atoms with Crippen molar-refractivity contribution < 1.29 is 9.21 Å². The van der Waals surface area contributed by atoms with Gasteiger partial charge in [0.05, 0.1) is 0 Å². The molecule has 2 heterocycles. The molecule has 0 aliphatic carbocycles. The molecule has 0 atom stereocenters. The van der Waals surface area contributed by atoms with Gasteiger partial charge in [0.2, 0.25) is 0 Å². The Kier molecular flexibility index (Phi) is 5.17. The van der Waals surface area contributed by atoms with E-state index in [4.69, 9.17) is 27.6 Å². The lowest BCUT2D eigenvalue weighted by atomic mass is 10.1. The number of carbonyl (C=O) groups is 1. The normalized spacial score (nSPS) is 10.9. The highest BCUT2D eigenvalue weighted by molar-refractivity contribution is 7.15. The monoisotopic (exact) mass is 430 g/mol. The minimum absolute atomic E-state index is 0.110. The Bertz CT molecular complexity index is 1250. The number of amides is 1. The lowest BCUT2D eigenvalue weighted by molar-refractivity contribution is 0.102. The van der Waals surface area contributed by atoms with Gasteiger partial charge in [-0.1, -0.05) is 35.3 Å². The molecule has 28 heavy (non-hydrogen) atoms. The maximum absolute atomic E-state index is 12.5. The van der Waals surface area contributed by atoms with Crippen molar-refractivity contribution in [2.75, 3.05) is 5.32 Å². The van der Waals surface area contributed by atoms with Crippen LogP contribution in [0.3, 0.4) is 0 Å². The summed E-state index contributed by atoms with van der Waals surface area (Å²) in [6.07, 6.45) is 2.33. The van der Waals surface area contributed by atoms with Gasteiger partial charge < -0.3 is 4.42 Å². The molecule has 5 nitrogen and oxygen atoms in total. The molecular formula is C20H12Cl2N2O3S. The quantitative estimate of drug-likeness (QED) is 0.439. The van der Waals surface area contributed by atoms with Crippen LogP contribution >= 0.6 is 34.5 Å². The zero-order valence-corrected chi connectivity index (χ0v) is 16.6. The van der Waals surface area contributed by atoms with Crippen LogP contribution in [0.5, 0.6) is 0 Å². The largest absolute Gasteiger partial charge is 0.422 e. The number of nitrogens with zero attached hydrogens (tertiary/aromatic N) is 1. The number of hydrogen-bond acceptors (Lipinski definition) is 5. The summed E-state index contributed by atoms with van der Waals surface area (Å²) in [6.45, 7) is 0. The number of halogens is 2. The van der Waals surface area contributed by atoms with Gasteiger partial charge in [0.25, 0.3) is 5.91 Å². The van der Waals surface area contributed by atoms with Crippen LogP contribution in [-0.4, -0.2) is 10.9 Å². The molecule has 8 heteroatoms. The molecule has 0 fully saturated rings. The van der Waals surface area contributed by atoms with E-state index in [2.05, 4.69) is 10.3 Å². The van der Waals surface area contributed by atoms with Gasteiger partial charge in [0.1, 0.15) is 11.1 Å². The molecule has 0 spiro atoms. The van der Waals surface area contributed by atoms with Crippen molar-refractivity contribution in [2.24, 2.45) is 0 Å². The van der Waals surface area contributed by atoms with E-state index in [1.165, 1.54) is 17.4 Å². The van der Waals surface area contributed by atoms with Gasteiger partial charge in [-0.05, 0) is 42.0 Å². The lowest BCUT2D eigenvalue weighted by Gasteiger charge is -2.03. The second-order valence-electron chi connectivity index (χ2n) is 6.02. The number of aromatic nitrogens is 1. The van der Waals surface area contributed by atoms with E-state index in [9.17, 15) is 9.59 Å². The second-order valence-corrected chi connectivity index (χ2v) is 8.01. The smallest absolute Gasteiger partial charge is 0.349 e. The van der Waals surface area contributed by atoms with Crippen LogP contribution in [0.1, 0.15) is 20.8 Å². The molecule has 0 radical (unpaired) electrons. The Morgan fingerprint density at radius 1 is 1.11 bits per heavy atom. The van der Waals surface area contributed by atoms with Gasteiger partial charge in [0, 0.05) is 32.9 Å². The molecule has 140 valence electrons. The highest BCUT2D eigenvalue weighted by atomic mass is 35.5. The summed E-state index contributed by atoms with van der Waals surface area (Å²) in [5.41, 5.74) is 0.578. The minimum Gasteiger partial charge on any atom is -0.422 e. The maximum Gasteiger partial charge on any atom is 0.349 e. The third kappa shape index (κ3) is 4.09. The van der Waals surface area contributed by atoms with Gasteiger partial charge in [-0.15, -0.1) is 11.3 Å². The van der Waals surface area contributed by atoms with E-state index in [-0.39, 0.29) is 5.56 Å². The van der Waals surface area contributed by atoms with Gasteiger partial charge in [-0.2, -0.15) is 0 Å². The van der Waals surface area contributed by atoms with Crippen molar-refractivity contribution in [3.05, 3.63) is 91.2 Å². The molecule has 0 unspecified atom stereocenters. The van der Waals surface area contributed by atoms with E-state index >= 15 is 0 Å². The van der Waals surface area contributed by atoms with E-state index < -0.39 is 11.5 Å². The summed E-state index contributed by atoms with van der Waals surface area (Å²) in [6, 6.07) is 13.8. The van der Waals surface area contributed by atoms with Crippen molar-refractivity contribution >= 4 is 56.5 Å². The van der Waals surface area contributed by atoms with Crippen LogP contribution < -0.4 is 10.9 Å². The number of carbonyl (C=O) groups excluding carboxylic acids is 1. The topological polar surface area (TPSA) is 72.2 Å². The summed E-state index contributed by atoms with van der Waals surface area (Å²) >= 11 is 13.3. The number of rotatable bonds is 4. The second kappa shape index (κ2) is 7.75.